The summed E-state index contributed by atoms with van der Waals surface area (Å²) in [6.45, 7) is 0.0881. The first-order valence-corrected chi connectivity index (χ1v) is 11.8. The van der Waals surface area contributed by atoms with Gasteiger partial charge < -0.3 is 14.2 Å². The van der Waals surface area contributed by atoms with Crippen LogP contribution in [0.1, 0.15) is 18.4 Å². The van der Waals surface area contributed by atoms with E-state index in [9.17, 15) is 12.8 Å². The number of hydrogen-bond acceptors (Lipinski definition) is 5. The van der Waals surface area contributed by atoms with Gasteiger partial charge >= 0.3 is 0 Å². The van der Waals surface area contributed by atoms with Crippen LogP contribution in [-0.2, 0) is 24.1 Å². The second-order valence-corrected chi connectivity index (χ2v) is 10.6. The fourth-order valence-electron chi connectivity index (χ4n) is 5.17. The fraction of sp³-hybridized carbons (Fsp3) is 0.455. The van der Waals surface area contributed by atoms with Gasteiger partial charge in [-0.1, -0.05) is 11.6 Å². The average molecular weight is 473 g/mol. The van der Waals surface area contributed by atoms with Crippen molar-refractivity contribution in [1.82, 2.24) is 0 Å². The summed E-state index contributed by atoms with van der Waals surface area (Å²) in [7, 11) is -1.14. The van der Waals surface area contributed by atoms with Gasteiger partial charge in [0.05, 0.1) is 29.8 Å². The summed E-state index contributed by atoms with van der Waals surface area (Å²) >= 11 is 5.96. The number of halogens is 3. The predicted octanol–water partition coefficient (Wildman–Crippen LogP) is 4.37. The summed E-state index contributed by atoms with van der Waals surface area (Å²) in [5.74, 6) is -3.07. The highest BCUT2D eigenvalue weighted by atomic mass is 35.5. The summed E-state index contributed by atoms with van der Waals surface area (Å²) < 4.78 is 73.1. The Morgan fingerprint density at radius 2 is 1.81 bits per heavy atom. The van der Waals surface area contributed by atoms with Gasteiger partial charge in [-0.05, 0) is 49.2 Å². The SMILES string of the molecule is COCC1C(OC)CCC2(S(=O)(=O)c3ccc(Cl)cc3)c3c(F)ccc(F)c3OCC12. The van der Waals surface area contributed by atoms with Crippen LogP contribution in [-0.4, -0.2) is 42.0 Å². The standard InChI is InChI=1S/C22H23ClF2O5S/c1-28-11-15-16-12-30-21-18(25)8-7-17(24)20(21)22(16,10-9-19(15)29-2)31(26,27)14-5-3-13(23)4-6-14/h3-8,15-16,19H,9-12H2,1-2H3. The zero-order valence-corrected chi connectivity index (χ0v) is 18.7. The third-order valence-corrected chi connectivity index (χ3v) is 9.36. The third-order valence-electron chi connectivity index (χ3n) is 6.55. The molecule has 0 N–H and O–H groups in total. The molecule has 9 heteroatoms. The molecule has 4 unspecified atom stereocenters. The lowest BCUT2D eigenvalue weighted by Gasteiger charge is -2.52. The maximum atomic E-state index is 15.3. The van der Waals surface area contributed by atoms with Crippen molar-refractivity contribution in [3.05, 3.63) is 58.6 Å². The number of fused-ring (bicyclic) bond motifs is 3. The Balaban J connectivity index is 2.02. The van der Waals surface area contributed by atoms with Gasteiger partial charge in [0.25, 0.3) is 0 Å². The molecule has 0 radical (unpaired) electrons. The maximum Gasteiger partial charge on any atom is 0.188 e. The lowest BCUT2D eigenvalue weighted by atomic mass is 9.66. The molecule has 5 nitrogen and oxygen atoms in total. The van der Waals surface area contributed by atoms with E-state index < -0.39 is 38.1 Å². The molecule has 0 amide bonds. The van der Waals surface area contributed by atoms with Crippen molar-refractivity contribution < 1.29 is 31.4 Å². The van der Waals surface area contributed by atoms with Gasteiger partial charge in [0, 0.05) is 31.1 Å². The number of sulfone groups is 1. The van der Waals surface area contributed by atoms with Gasteiger partial charge in [0.15, 0.2) is 21.4 Å². The van der Waals surface area contributed by atoms with Crippen molar-refractivity contribution in [3.8, 4) is 5.75 Å². The Hall–Kier alpha value is -1.74. The zero-order valence-electron chi connectivity index (χ0n) is 17.1. The Kier molecular flexibility index (Phi) is 6.02. The predicted molar refractivity (Wildman–Crippen MR) is 111 cm³/mol. The van der Waals surface area contributed by atoms with E-state index in [4.69, 9.17) is 25.8 Å². The monoisotopic (exact) mass is 472 g/mol. The van der Waals surface area contributed by atoms with Crippen LogP contribution in [0.5, 0.6) is 5.75 Å². The molecule has 0 spiro atoms. The molecule has 4 rings (SSSR count). The molecule has 2 aliphatic rings. The second-order valence-electron chi connectivity index (χ2n) is 7.93. The number of methoxy groups -OCH3 is 2. The minimum atomic E-state index is -4.19. The minimum absolute atomic E-state index is 0.00885. The molecule has 1 heterocycles. The molecule has 0 saturated heterocycles. The van der Waals surface area contributed by atoms with Crippen molar-refractivity contribution >= 4 is 21.4 Å². The van der Waals surface area contributed by atoms with E-state index in [1.165, 1.54) is 31.4 Å². The van der Waals surface area contributed by atoms with E-state index in [0.717, 1.165) is 12.1 Å². The summed E-state index contributed by atoms with van der Waals surface area (Å²) in [6, 6.07) is 7.62. The van der Waals surface area contributed by atoms with Crippen LogP contribution in [0.4, 0.5) is 8.78 Å². The van der Waals surface area contributed by atoms with E-state index in [1.54, 1.807) is 7.11 Å². The van der Waals surface area contributed by atoms with Crippen LogP contribution in [0.2, 0.25) is 5.02 Å². The molecule has 2 aromatic rings. The highest BCUT2D eigenvalue weighted by Gasteiger charge is 2.62. The average Bonchev–Trinajstić information content (AvgIpc) is 2.76. The van der Waals surface area contributed by atoms with Crippen LogP contribution in [0.3, 0.4) is 0 Å². The van der Waals surface area contributed by atoms with E-state index in [0.29, 0.717) is 11.4 Å². The molecule has 0 aromatic heterocycles. The molecular formula is C22H23ClF2O5S. The summed E-state index contributed by atoms with van der Waals surface area (Å²) in [5.41, 5.74) is -0.255. The Morgan fingerprint density at radius 3 is 2.45 bits per heavy atom. The van der Waals surface area contributed by atoms with Crippen molar-refractivity contribution in [2.75, 3.05) is 27.4 Å². The molecule has 1 aliphatic heterocycles. The molecule has 1 aliphatic carbocycles. The highest BCUT2D eigenvalue weighted by Crippen LogP contribution is 2.58. The Labute approximate surface area is 185 Å². The maximum absolute atomic E-state index is 15.3. The first kappa shape index (κ1) is 22.5. The van der Waals surface area contributed by atoms with E-state index in [-0.39, 0.29) is 41.9 Å². The van der Waals surface area contributed by atoms with Gasteiger partial charge in [-0.15, -0.1) is 0 Å². The van der Waals surface area contributed by atoms with Gasteiger partial charge in [-0.3, -0.25) is 0 Å². The molecule has 0 bridgehead atoms. The van der Waals surface area contributed by atoms with Gasteiger partial charge in [0.2, 0.25) is 0 Å². The quantitative estimate of drug-likeness (QED) is 0.646. The van der Waals surface area contributed by atoms with Crippen molar-refractivity contribution in [1.29, 1.82) is 0 Å². The fourth-order valence-corrected chi connectivity index (χ4v) is 7.70. The van der Waals surface area contributed by atoms with Crippen LogP contribution in [0, 0.1) is 23.5 Å². The summed E-state index contributed by atoms with van der Waals surface area (Å²) in [4.78, 5) is -0.00885. The highest BCUT2D eigenvalue weighted by molar-refractivity contribution is 7.92. The van der Waals surface area contributed by atoms with Gasteiger partial charge in [0.1, 0.15) is 10.6 Å². The smallest absolute Gasteiger partial charge is 0.188 e. The van der Waals surface area contributed by atoms with Crippen molar-refractivity contribution in [2.45, 2.75) is 28.6 Å². The Morgan fingerprint density at radius 1 is 1.13 bits per heavy atom. The molecule has 168 valence electrons. The van der Waals surface area contributed by atoms with E-state index in [2.05, 4.69) is 0 Å². The molecule has 1 saturated carbocycles. The van der Waals surface area contributed by atoms with Crippen LogP contribution >= 0.6 is 11.6 Å². The third kappa shape index (κ3) is 3.35. The molecule has 31 heavy (non-hydrogen) atoms. The first-order chi connectivity index (χ1) is 14.8. The topological polar surface area (TPSA) is 61.8 Å². The zero-order chi connectivity index (χ0) is 22.4. The number of hydrogen-bond donors (Lipinski definition) is 0. The van der Waals surface area contributed by atoms with Crippen LogP contribution in [0.25, 0.3) is 0 Å². The molecule has 1 fully saturated rings. The molecule has 2 aromatic carbocycles. The van der Waals surface area contributed by atoms with Crippen LogP contribution in [0.15, 0.2) is 41.3 Å². The van der Waals surface area contributed by atoms with Crippen molar-refractivity contribution in [3.63, 3.8) is 0 Å². The van der Waals surface area contributed by atoms with Crippen molar-refractivity contribution in [2.24, 2.45) is 11.8 Å². The largest absolute Gasteiger partial charge is 0.490 e. The normalized spacial score (nSPS) is 27.8. The van der Waals surface area contributed by atoms with E-state index in [1.807, 2.05) is 0 Å². The number of benzene rings is 2. The van der Waals surface area contributed by atoms with Gasteiger partial charge in [-0.2, -0.15) is 0 Å². The number of rotatable bonds is 5. The number of ether oxygens (including phenoxy) is 3. The summed E-state index contributed by atoms with van der Waals surface area (Å²) in [6.07, 6.45) is 0.0849. The first-order valence-electron chi connectivity index (χ1n) is 9.91. The lowest BCUT2D eigenvalue weighted by molar-refractivity contribution is -0.0698. The summed E-state index contributed by atoms with van der Waals surface area (Å²) in [5, 5.41) is 0.373. The minimum Gasteiger partial charge on any atom is -0.490 e. The second kappa shape index (κ2) is 8.31. The Bertz CT molecular complexity index is 1080. The van der Waals surface area contributed by atoms with Gasteiger partial charge in [-0.25, -0.2) is 17.2 Å². The lowest BCUT2D eigenvalue weighted by Crippen LogP contribution is -2.58. The van der Waals surface area contributed by atoms with E-state index >= 15 is 4.39 Å². The molecular weight excluding hydrogens is 450 g/mol. The van der Waals surface area contributed by atoms with Crippen LogP contribution < -0.4 is 4.74 Å². The molecule has 4 atom stereocenters.